The van der Waals surface area contributed by atoms with Crippen LogP contribution in [-0.4, -0.2) is 17.1 Å². The minimum Gasteiger partial charge on any atom is -0.496 e. The summed E-state index contributed by atoms with van der Waals surface area (Å²) in [6.07, 6.45) is -4.39. The van der Waals surface area contributed by atoms with Gasteiger partial charge in [-0.25, -0.2) is 4.98 Å². The highest BCUT2D eigenvalue weighted by Gasteiger charge is 2.29. The van der Waals surface area contributed by atoms with E-state index >= 15 is 0 Å². The average molecular weight is 439 g/mol. The summed E-state index contributed by atoms with van der Waals surface area (Å²) < 4.78 is 44.2. The van der Waals surface area contributed by atoms with E-state index in [4.69, 9.17) is 10.5 Å². The number of aromatic nitrogens is 2. The van der Waals surface area contributed by atoms with Gasteiger partial charge in [0.2, 0.25) is 5.95 Å². The predicted octanol–water partition coefficient (Wildman–Crippen LogP) is 5.26. The van der Waals surface area contributed by atoms with Gasteiger partial charge < -0.3 is 15.8 Å². The maximum atomic E-state index is 12.7. The van der Waals surface area contributed by atoms with Crippen LogP contribution in [-0.2, 0) is 6.18 Å². The Morgan fingerprint density at radius 3 is 2.37 bits per heavy atom. The highest BCUT2D eigenvalue weighted by atomic mass is 79.9. The van der Waals surface area contributed by atoms with Gasteiger partial charge >= 0.3 is 6.18 Å². The summed E-state index contributed by atoms with van der Waals surface area (Å²) in [7, 11) is 1.54. The number of nitrogens with zero attached hydrogens (tertiary/aromatic N) is 2. The van der Waals surface area contributed by atoms with Gasteiger partial charge in [-0.05, 0) is 42.5 Å². The van der Waals surface area contributed by atoms with E-state index in [1.165, 1.54) is 12.1 Å². The zero-order valence-corrected chi connectivity index (χ0v) is 15.6. The van der Waals surface area contributed by atoms with Gasteiger partial charge in [-0.2, -0.15) is 18.2 Å². The first kappa shape index (κ1) is 19.0. The van der Waals surface area contributed by atoms with Crippen LogP contribution in [0.2, 0.25) is 0 Å². The number of anilines is 3. The van der Waals surface area contributed by atoms with Crippen LogP contribution in [0.1, 0.15) is 5.56 Å². The van der Waals surface area contributed by atoms with Gasteiger partial charge in [0.15, 0.2) is 0 Å². The third-order valence-electron chi connectivity index (χ3n) is 3.67. The Morgan fingerprint density at radius 2 is 1.74 bits per heavy atom. The van der Waals surface area contributed by atoms with Crippen LogP contribution in [0.15, 0.2) is 53.0 Å². The maximum absolute atomic E-state index is 12.7. The smallest absolute Gasteiger partial charge is 0.416 e. The highest BCUT2D eigenvalue weighted by molar-refractivity contribution is 9.10. The normalized spacial score (nSPS) is 11.3. The summed E-state index contributed by atoms with van der Waals surface area (Å²) in [6.45, 7) is 0. The van der Waals surface area contributed by atoms with E-state index < -0.39 is 11.7 Å². The number of nitrogens with one attached hydrogen (secondary N) is 1. The third kappa shape index (κ3) is 4.48. The fraction of sp³-hybridized carbons (Fsp3) is 0.111. The molecule has 3 N–H and O–H groups in total. The zero-order valence-electron chi connectivity index (χ0n) is 14.0. The molecule has 3 aromatic rings. The van der Waals surface area contributed by atoms with Crippen molar-refractivity contribution >= 4 is 33.4 Å². The van der Waals surface area contributed by atoms with Gasteiger partial charge in [-0.15, -0.1) is 0 Å². The second-order valence-corrected chi connectivity index (χ2v) is 6.46. The zero-order chi connectivity index (χ0) is 19.6. The van der Waals surface area contributed by atoms with Crippen molar-refractivity contribution in [1.29, 1.82) is 0 Å². The summed E-state index contributed by atoms with van der Waals surface area (Å²) in [4.78, 5) is 8.30. The Labute approximate surface area is 161 Å². The molecule has 0 amide bonds. The van der Waals surface area contributed by atoms with Crippen molar-refractivity contribution in [1.82, 2.24) is 9.97 Å². The third-order valence-corrected chi connectivity index (χ3v) is 4.16. The monoisotopic (exact) mass is 438 g/mol. The largest absolute Gasteiger partial charge is 0.496 e. The van der Waals surface area contributed by atoms with Gasteiger partial charge in [0.1, 0.15) is 11.6 Å². The molecule has 0 spiro atoms. The van der Waals surface area contributed by atoms with E-state index in [-0.39, 0.29) is 5.95 Å². The van der Waals surface area contributed by atoms with Gasteiger partial charge in [0.05, 0.1) is 18.4 Å². The van der Waals surface area contributed by atoms with Crippen molar-refractivity contribution in [3.63, 3.8) is 0 Å². The first-order valence-electron chi connectivity index (χ1n) is 7.69. The van der Waals surface area contributed by atoms with Crippen LogP contribution in [0.5, 0.6) is 5.75 Å². The number of hydrogen-bond acceptors (Lipinski definition) is 5. The van der Waals surface area contributed by atoms with Crippen molar-refractivity contribution in [3.8, 4) is 17.0 Å². The van der Waals surface area contributed by atoms with Crippen molar-refractivity contribution in [2.45, 2.75) is 6.18 Å². The van der Waals surface area contributed by atoms with Gasteiger partial charge in [0, 0.05) is 21.8 Å². The number of benzene rings is 2. The minimum atomic E-state index is -4.39. The Balaban J connectivity index is 1.94. The number of rotatable bonds is 4. The molecule has 0 unspecified atom stereocenters. The lowest BCUT2D eigenvalue weighted by molar-refractivity contribution is -0.137. The molecule has 0 saturated heterocycles. The van der Waals surface area contributed by atoms with Crippen LogP contribution in [0.25, 0.3) is 11.3 Å². The molecule has 1 aromatic heterocycles. The van der Waals surface area contributed by atoms with Crippen LogP contribution < -0.4 is 15.8 Å². The van der Waals surface area contributed by atoms with Gasteiger partial charge in [-0.3, -0.25) is 0 Å². The SMILES string of the molecule is COc1ccc(Br)cc1-c1cc(Nc2ccc(C(F)(F)F)cc2)nc(N)n1. The van der Waals surface area contributed by atoms with Crippen LogP contribution in [0.3, 0.4) is 0 Å². The number of methoxy groups -OCH3 is 1. The highest BCUT2D eigenvalue weighted by Crippen LogP contribution is 2.34. The quantitative estimate of drug-likeness (QED) is 0.581. The van der Waals surface area contributed by atoms with Crippen molar-refractivity contribution in [3.05, 3.63) is 58.6 Å². The summed E-state index contributed by atoms with van der Waals surface area (Å²) in [5, 5.41) is 2.93. The topological polar surface area (TPSA) is 73.1 Å². The molecule has 1 heterocycles. The molecular formula is C18H14BrF3N4O. The van der Waals surface area contributed by atoms with Crippen LogP contribution >= 0.6 is 15.9 Å². The Bertz CT molecular complexity index is 962. The molecule has 0 fully saturated rings. The van der Waals surface area contributed by atoms with Crippen molar-refractivity contribution < 1.29 is 17.9 Å². The molecule has 2 aromatic carbocycles. The van der Waals surface area contributed by atoms with Crippen LogP contribution in [0, 0.1) is 0 Å². The minimum absolute atomic E-state index is 0.0175. The fourth-order valence-corrected chi connectivity index (χ4v) is 2.80. The number of halogens is 4. The molecule has 9 heteroatoms. The summed E-state index contributed by atoms with van der Waals surface area (Å²) in [5.74, 6) is 0.958. The Kier molecular flexibility index (Phi) is 5.22. The number of hydrogen-bond donors (Lipinski definition) is 2. The van der Waals surface area contributed by atoms with E-state index in [2.05, 4.69) is 31.2 Å². The van der Waals surface area contributed by atoms with E-state index in [0.29, 0.717) is 28.5 Å². The Hall–Kier alpha value is -2.81. The van der Waals surface area contributed by atoms with Gasteiger partial charge in [-0.1, -0.05) is 15.9 Å². The number of ether oxygens (including phenoxy) is 1. The molecule has 0 radical (unpaired) electrons. The molecule has 0 bridgehead atoms. The average Bonchev–Trinajstić information content (AvgIpc) is 2.61. The lowest BCUT2D eigenvalue weighted by Crippen LogP contribution is -2.05. The number of alkyl halides is 3. The summed E-state index contributed by atoms with van der Waals surface area (Å²) in [5.41, 5.74) is 6.71. The van der Waals surface area contributed by atoms with E-state index in [1.54, 1.807) is 19.2 Å². The fourth-order valence-electron chi connectivity index (χ4n) is 2.44. The summed E-state index contributed by atoms with van der Waals surface area (Å²) >= 11 is 3.40. The second-order valence-electron chi connectivity index (χ2n) is 5.54. The Morgan fingerprint density at radius 1 is 1.04 bits per heavy atom. The van der Waals surface area contributed by atoms with Gasteiger partial charge in [0.25, 0.3) is 0 Å². The molecule has 140 valence electrons. The van der Waals surface area contributed by atoms with E-state index in [1.807, 2.05) is 12.1 Å². The molecule has 0 aliphatic heterocycles. The number of nitrogens with two attached hydrogens (primary N) is 1. The molecule has 5 nitrogen and oxygen atoms in total. The lowest BCUT2D eigenvalue weighted by atomic mass is 10.1. The first-order chi connectivity index (χ1) is 12.8. The van der Waals surface area contributed by atoms with E-state index in [9.17, 15) is 13.2 Å². The summed E-state index contributed by atoms with van der Waals surface area (Å²) in [6, 6.07) is 11.7. The van der Waals surface area contributed by atoms with Crippen molar-refractivity contribution in [2.75, 3.05) is 18.2 Å². The molecule has 0 aliphatic carbocycles. The standard InChI is InChI=1S/C18H14BrF3N4O/c1-27-15-7-4-11(19)8-13(15)14-9-16(26-17(23)25-14)24-12-5-2-10(3-6-12)18(20,21)22/h2-9H,1H3,(H3,23,24,25,26). The number of nitrogen functional groups attached to an aromatic ring is 1. The molecule has 3 rings (SSSR count). The van der Waals surface area contributed by atoms with Crippen molar-refractivity contribution in [2.24, 2.45) is 0 Å². The van der Waals surface area contributed by atoms with E-state index in [0.717, 1.165) is 16.6 Å². The molecular weight excluding hydrogens is 425 g/mol. The van der Waals surface area contributed by atoms with Crippen LogP contribution in [0.4, 0.5) is 30.6 Å². The molecule has 0 aliphatic rings. The molecule has 27 heavy (non-hydrogen) atoms. The second kappa shape index (κ2) is 7.43. The molecule has 0 atom stereocenters. The lowest BCUT2D eigenvalue weighted by Gasteiger charge is -2.12. The molecule has 0 saturated carbocycles. The predicted molar refractivity (Wildman–Crippen MR) is 101 cm³/mol. The first-order valence-corrected chi connectivity index (χ1v) is 8.48. The maximum Gasteiger partial charge on any atom is 0.416 e.